The van der Waals surface area contributed by atoms with Gasteiger partial charge in [0, 0.05) is 18.7 Å². The molecule has 0 saturated carbocycles. The minimum absolute atomic E-state index is 0.291. The van der Waals surface area contributed by atoms with Gasteiger partial charge in [-0.05, 0) is 56.1 Å². The third-order valence-corrected chi connectivity index (χ3v) is 4.73. The molecule has 0 spiro atoms. The lowest BCUT2D eigenvalue weighted by Crippen LogP contribution is -2.18. The maximum Gasteiger partial charge on any atom is 0.124 e. The summed E-state index contributed by atoms with van der Waals surface area (Å²) < 4.78 is 11.9. The molecule has 1 N–H and O–H groups in total. The van der Waals surface area contributed by atoms with Crippen LogP contribution in [0.5, 0.6) is 5.75 Å². The van der Waals surface area contributed by atoms with Crippen LogP contribution in [0.4, 0.5) is 0 Å². The largest absolute Gasteiger partial charge is 0.489 e. The van der Waals surface area contributed by atoms with Crippen molar-refractivity contribution < 1.29 is 9.47 Å². The maximum atomic E-state index is 6.23. The van der Waals surface area contributed by atoms with Gasteiger partial charge in [0.15, 0.2) is 0 Å². The van der Waals surface area contributed by atoms with Crippen LogP contribution in [0, 0.1) is 6.92 Å². The summed E-state index contributed by atoms with van der Waals surface area (Å²) in [6.07, 6.45) is 1.29. The highest BCUT2D eigenvalue weighted by molar-refractivity contribution is 5.87. The molecule has 0 aliphatic carbocycles. The SMILES string of the molecule is Cc1cccc(COc2ccc3ccccc3c2CNCCCOC(C)C)c1. The van der Waals surface area contributed by atoms with E-state index in [1.807, 2.05) is 0 Å². The topological polar surface area (TPSA) is 30.5 Å². The van der Waals surface area contributed by atoms with Crippen molar-refractivity contribution in [1.29, 1.82) is 0 Å². The highest BCUT2D eigenvalue weighted by Gasteiger charge is 2.09. The van der Waals surface area contributed by atoms with Gasteiger partial charge in [-0.2, -0.15) is 0 Å². The molecule has 0 unspecified atom stereocenters. The summed E-state index contributed by atoms with van der Waals surface area (Å²) in [7, 11) is 0. The van der Waals surface area contributed by atoms with E-state index in [0.717, 1.165) is 31.9 Å². The predicted octanol–water partition coefficient (Wildman–Crippen LogP) is 5.63. The average Bonchev–Trinajstić information content (AvgIpc) is 2.69. The van der Waals surface area contributed by atoms with E-state index in [9.17, 15) is 0 Å². The molecule has 3 nitrogen and oxygen atoms in total. The van der Waals surface area contributed by atoms with Gasteiger partial charge in [-0.15, -0.1) is 0 Å². The molecule has 0 aliphatic rings. The molecular formula is C25H31NO2. The molecule has 0 saturated heterocycles. The fourth-order valence-corrected chi connectivity index (χ4v) is 3.33. The molecule has 3 rings (SSSR count). The second kappa shape index (κ2) is 10.3. The first-order valence-electron chi connectivity index (χ1n) is 10.1. The molecule has 3 aromatic rings. The molecule has 3 heteroatoms. The van der Waals surface area contributed by atoms with E-state index in [4.69, 9.17) is 9.47 Å². The van der Waals surface area contributed by atoms with E-state index in [-0.39, 0.29) is 0 Å². The maximum absolute atomic E-state index is 6.23. The van der Waals surface area contributed by atoms with Crippen LogP contribution in [0.25, 0.3) is 10.8 Å². The number of nitrogens with one attached hydrogen (secondary N) is 1. The average molecular weight is 378 g/mol. The summed E-state index contributed by atoms with van der Waals surface area (Å²) in [6, 6.07) is 21.2. The molecule has 0 atom stereocenters. The second-order valence-electron chi connectivity index (χ2n) is 7.49. The van der Waals surface area contributed by atoms with Crippen LogP contribution in [-0.2, 0) is 17.9 Å². The van der Waals surface area contributed by atoms with Crippen molar-refractivity contribution in [2.45, 2.75) is 46.4 Å². The Kier molecular flexibility index (Phi) is 7.46. The summed E-state index contributed by atoms with van der Waals surface area (Å²) >= 11 is 0. The first-order valence-corrected chi connectivity index (χ1v) is 10.1. The summed E-state index contributed by atoms with van der Waals surface area (Å²) in [5, 5.41) is 6.04. The predicted molar refractivity (Wildman–Crippen MR) is 117 cm³/mol. The first kappa shape index (κ1) is 20.4. The molecule has 28 heavy (non-hydrogen) atoms. The Labute approximate surface area is 168 Å². The molecule has 3 aromatic carbocycles. The Bertz CT molecular complexity index is 889. The van der Waals surface area contributed by atoms with E-state index in [2.05, 4.69) is 86.8 Å². The van der Waals surface area contributed by atoms with Gasteiger partial charge in [0.05, 0.1) is 6.10 Å². The van der Waals surface area contributed by atoms with Gasteiger partial charge in [0.25, 0.3) is 0 Å². The molecule has 0 fully saturated rings. The number of rotatable bonds is 10. The van der Waals surface area contributed by atoms with Crippen LogP contribution in [0.1, 0.15) is 37.0 Å². The zero-order chi connectivity index (χ0) is 19.8. The summed E-state index contributed by atoms with van der Waals surface area (Å²) in [6.45, 7) is 9.33. The first-order chi connectivity index (χ1) is 13.6. The molecule has 0 amide bonds. The molecular weight excluding hydrogens is 346 g/mol. The van der Waals surface area contributed by atoms with Gasteiger partial charge in [0.2, 0.25) is 0 Å². The zero-order valence-electron chi connectivity index (χ0n) is 17.2. The van der Waals surface area contributed by atoms with Crippen LogP contribution in [-0.4, -0.2) is 19.3 Å². The van der Waals surface area contributed by atoms with Crippen LogP contribution in [0.2, 0.25) is 0 Å². The number of fused-ring (bicyclic) bond motifs is 1. The quantitative estimate of drug-likeness (QED) is 0.464. The molecule has 0 aliphatic heterocycles. The monoisotopic (exact) mass is 377 g/mol. The van der Waals surface area contributed by atoms with Crippen molar-refractivity contribution in [3.05, 3.63) is 77.4 Å². The number of ether oxygens (including phenoxy) is 2. The summed E-state index contributed by atoms with van der Waals surface area (Å²) in [5.41, 5.74) is 3.67. The van der Waals surface area contributed by atoms with Crippen LogP contribution >= 0.6 is 0 Å². The van der Waals surface area contributed by atoms with Crippen LogP contribution in [0.3, 0.4) is 0 Å². The van der Waals surface area contributed by atoms with E-state index < -0.39 is 0 Å². The minimum atomic E-state index is 0.291. The van der Waals surface area contributed by atoms with E-state index in [1.165, 1.54) is 27.5 Å². The Morgan fingerprint density at radius 3 is 2.64 bits per heavy atom. The molecule has 0 aromatic heterocycles. The molecule has 0 heterocycles. The van der Waals surface area contributed by atoms with Crippen molar-refractivity contribution in [2.75, 3.05) is 13.2 Å². The van der Waals surface area contributed by atoms with E-state index in [1.54, 1.807) is 0 Å². The number of hydrogen-bond donors (Lipinski definition) is 1. The zero-order valence-corrected chi connectivity index (χ0v) is 17.2. The smallest absolute Gasteiger partial charge is 0.124 e. The fraction of sp³-hybridized carbons (Fsp3) is 0.360. The minimum Gasteiger partial charge on any atom is -0.489 e. The Hall–Kier alpha value is -2.36. The Morgan fingerprint density at radius 2 is 1.82 bits per heavy atom. The fourth-order valence-electron chi connectivity index (χ4n) is 3.33. The standard InChI is InChI=1S/C25H31NO2/c1-19(2)27-15-7-14-26-17-24-23-11-5-4-10-22(23)12-13-25(24)28-18-21-9-6-8-20(3)16-21/h4-6,8-13,16,19,26H,7,14-15,17-18H2,1-3H3. The Morgan fingerprint density at radius 1 is 0.964 bits per heavy atom. The lowest BCUT2D eigenvalue weighted by molar-refractivity contribution is 0.0770. The van der Waals surface area contributed by atoms with Crippen molar-refractivity contribution in [3.63, 3.8) is 0 Å². The van der Waals surface area contributed by atoms with Gasteiger partial charge in [-0.25, -0.2) is 0 Å². The summed E-state index contributed by atoms with van der Waals surface area (Å²) in [4.78, 5) is 0. The number of benzene rings is 3. The van der Waals surface area contributed by atoms with Crippen molar-refractivity contribution in [2.24, 2.45) is 0 Å². The molecule has 148 valence electrons. The summed E-state index contributed by atoms with van der Waals surface area (Å²) in [5.74, 6) is 0.950. The van der Waals surface area contributed by atoms with Crippen molar-refractivity contribution in [3.8, 4) is 5.75 Å². The lowest BCUT2D eigenvalue weighted by atomic mass is 10.0. The van der Waals surface area contributed by atoms with Crippen molar-refractivity contribution in [1.82, 2.24) is 5.32 Å². The van der Waals surface area contributed by atoms with Gasteiger partial charge in [-0.1, -0.05) is 60.2 Å². The third-order valence-electron chi connectivity index (χ3n) is 4.73. The highest BCUT2D eigenvalue weighted by atomic mass is 16.5. The highest BCUT2D eigenvalue weighted by Crippen LogP contribution is 2.28. The second-order valence-corrected chi connectivity index (χ2v) is 7.49. The third kappa shape index (κ3) is 5.82. The van der Waals surface area contributed by atoms with Gasteiger partial charge in [-0.3, -0.25) is 0 Å². The van der Waals surface area contributed by atoms with E-state index in [0.29, 0.717) is 12.7 Å². The Balaban J connectivity index is 1.69. The van der Waals surface area contributed by atoms with Crippen molar-refractivity contribution >= 4 is 10.8 Å². The number of hydrogen-bond acceptors (Lipinski definition) is 3. The normalized spacial score (nSPS) is 11.3. The number of aryl methyl sites for hydroxylation is 1. The molecule has 0 bridgehead atoms. The lowest BCUT2D eigenvalue weighted by Gasteiger charge is -2.16. The molecule has 0 radical (unpaired) electrons. The van der Waals surface area contributed by atoms with E-state index >= 15 is 0 Å². The van der Waals surface area contributed by atoms with Gasteiger partial charge < -0.3 is 14.8 Å². The van der Waals surface area contributed by atoms with Crippen LogP contribution < -0.4 is 10.1 Å². The van der Waals surface area contributed by atoms with Gasteiger partial charge >= 0.3 is 0 Å². The van der Waals surface area contributed by atoms with Crippen LogP contribution in [0.15, 0.2) is 60.7 Å². The van der Waals surface area contributed by atoms with Gasteiger partial charge in [0.1, 0.15) is 12.4 Å².